The summed E-state index contributed by atoms with van der Waals surface area (Å²) in [6.07, 6.45) is 11.1. The Morgan fingerprint density at radius 3 is 0.964 bits per heavy atom. The van der Waals surface area contributed by atoms with Crippen LogP contribution in [0.2, 0.25) is 0 Å². The molecule has 0 aromatic rings. The summed E-state index contributed by atoms with van der Waals surface area (Å²) in [6, 6.07) is 0. The van der Waals surface area contributed by atoms with Gasteiger partial charge in [-0.25, -0.2) is 19.4 Å². The maximum Gasteiger partial charge on any atom is 0.503 e. The first-order chi connectivity index (χ1) is 13.3. The fourth-order valence-electron chi connectivity index (χ4n) is 1.89. The molecule has 0 spiro atoms. The third-order valence-electron chi connectivity index (χ3n) is 3.18. The van der Waals surface area contributed by atoms with E-state index in [1.807, 2.05) is 0 Å². The van der Waals surface area contributed by atoms with Gasteiger partial charge in [0, 0.05) is 0 Å². The van der Waals surface area contributed by atoms with E-state index in [4.69, 9.17) is 40.5 Å². The second-order valence-electron chi connectivity index (χ2n) is 5.77. The fourth-order valence-corrected chi connectivity index (χ4v) is 1.89. The molecule has 0 unspecified atom stereocenters. The van der Waals surface area contributed by atoms with Crippen molar-refractivity contribution in [1.82, 2.24) is 0 Å². The number of unbranched alkanes of at least 4 members (excludes halogenated alkanes) is 10. The maximum atomic E-state index is 8.56. The van der Waals surface area contributed by atoms with E-state index in [-0.39, 0.29) is 0 Å². The van der Waals surface area contributed by atoms with Crippen molar-refractivity contribution in [3.63, 3.8) is 0 Å². The molecule has 0 heterocycles. The van der Waals surface area contributed by atoms with Crippen molar-refractivity contribution < 1.29 is 50.3 Å². The lowest BCUT2D eigenvalue weighted by atomic mass is 10.1. The molecular formula is C18H40O10. The lowest BCUT2D eigenvalue weighted by Gasteiger charge is -1.97. The molecule has 10 heteroatoms. The highest BCUT2D eigenvalue weighted by Crippen LogP contribution is 2.05. The second kappa shape index (κ2) is 36.3. The molecule has 0 aromatic carbocycles. The first-order valence-electron chi connectivity index (χ1n) is 9.66. The van der Waals surface area contributed by atoms with Gasteiger partial charge in [-0.05, 0) is 12.8 Å². The van der Waals surface area contributed by atoms with Gasteiger partial charge in [-0.15, -0.1) is 0 Å². The minimum Gasteiger partial charge on any atom is -0.450 e. The van der Waals surface area contributed by atoms with Crippen LogP contribution in [0.4, 0.5) is 9.59 Å². The molecule has 0 fully saturated rings. The molecule has 0 amide bonds. The largest absolute Gasteiger partial charge is 0.503 e. The van der Waals surface area contributed by atoms with Crippen LogP contribution in [0.25, 0.3) is 0 Å². The predicted molar refractivity (Wildman–Crippen MR) is 105 cm³/mol. The van der Waals surface area contributed by atoms with E-state index in [9.17, 15) is 0 Å². The lowest BCUT2D eigenvalue weighted by molar-refractivity contribution is -0.242. The Labute approximate surface area is 167 Å². The molecule has 0 bridgehead atoms. The highest BCUT2D eigenvalue weighted by molar-refractivity contribution is 5.53. The van der Waals surface area contributed by atoms with Gasteiger partial charge in [0.25, 0.3) is 0 Å². The summed E-state index contributed by atoms with van der Waals surface area (Å²) >= 11 is 0. The standard InChI is InChI=1S/2C8H18O2.2CH2O3/c2*1-2-3-4-5-6-7-8-10-9;2*2-1(3)4/h2*9H,2-8H2,1H3;2*(H2,2,3,4). The van der Waals surface area contributed by atoms with Crippen LogP contribution in [0, 0.1) is 0 Å². The van der Waals surface area contributed by atoms with E-state index in [0.29, 0.717) is 13.2 Å². The van der Waals surface area contributed by atoms with Gasteiger partial charge in [0.1, 0.15) is 0 Å². The van der Waals surface area contributed by atoms with E-state index in [1.165, 1.54) is 64.2 Å². The van der Waals surface area contributed by atoms with Gasteiger partial charge in [0.2, 0.25) is 0 Å². The normalized spacial score (nSPS) is 9.00. The molecule has 0 aliphatic rings. The third kappa shape index (κ3) is 87.0. The van der Waals surface area contributed by atoms with Crippen LogP contribution >= 0.6 is 0 Å². The molecular weight excluding hydrogens is 376 g/mol. The topological polar surface area (TPSA) is 174 Å². The zero-order chi connectivity index (χ0) is 22.5. The molecule has 6 N–H and O–H groups in total. The molecule has 0 aliphatic carbocycles. The molecule has 0 radical (unpaired) electrons. The van der Waals surface area contributed by atoms with Gasteiger partial charge >= 0.3 is 12.3 Å². The summed E-state index contributed by atoms with van der Waals surface area (Å²) < 4.78 is 0. The minimum atomic E-state index is -1.83. The van der Waals surface area contributed by atoms with Crippen LogP contribution < -0.4 is 0 Å². The first kappa shape index (κ1) is 33.9. The van der Waals surface area contributed by atoms with Crippen LogP contribution in [0.15, 0.2) is 0 Å². The Bertz CT molecular complexity index is 236. The van der Waals surface area contributed by atoms with E-state index in [1.54, 1.807) is 0 Å². The Hall–Kier alpha value is -1.62. The van der Waals surface area contributed by atoms with Gasteiger partial charge in [0.05, 0.1) is 13.2 Å². The number of hydrogen-bond acceptors (Lipinski definition) is 6. The SMILES string of the molecule is CCCCCCCCOO.CCCCCCCCOO.O=C(O)O.O=C(O)O. The second-order valence-corrected chi connectivity index (χ2v) is 5.77. The summed E-state index contributed by atoms with van der Waals surface area (Å²) in [4.78, 5) is 25.0. The van der Waals surface area contributed by atoms with E-state index in [0.717, 1.165) is 12.8 Å². The van der Waals surface area contributed by atoms with Crippen molar-refractivity contribution >= 4 is 12.3 Å². The van der Waals surface area contributed by atoms with E-state index < -0.39 is 12.3 Å². The van der Waals surface area contributed by atoms with Crippen molar-refractivity contribution in [3.05, 3.63) is 0 Å². The summed E-state index contributed by atoms with van der Waals surface area (Å²) in [5.41, 5.74) is 0. The smallest absolute Gasteiger partial charge is 0.450 e. The van der Waals surface area contributed by atoms with Crippen molar-refractivity contribution in [3.8, 4) is 0 Å². The Morgan fingerprint density at radius 1 is 0.536 bits per heavy atom. The van der Waals surface area contributed by atoms with Crippen molar-refractivity contribution in [1.29, 1.82) is 0 Å². The lowest BCUT2D eigenvalue weighted by Crippen LogP contribution is -1.88. The Balaban J connectivity index is -0.000000150. The van der Waals surface area contributed by atoms with Crippen LogP contribution in [0.5, 0.6) is 0 Å². The van der Waals surface area contributed by atoms with Gasteiger partial charge in [0.15, 0.2) is 0 Å². The van der Waals surface area contributed by atoms with Crippen LogP contribution in [0.3, 0.4) is 0 Å². The Morgan fingerprint density at radius 2 is 0.750 bits per heavy atom. The van der Waals surface area contributed by atoms with Gasteiger partial charge in [-0.2, -0.15) is 0 Å². The zero-order valence-electron chi connectivity index (χ0n) is 17.2. The highest BCUT2D eigenvalue weighted by atomic mass is 17.1. The van der Waals surface area contributed by atoms with E-state index in [2.05, 4.69) is 23.6 Å². The minimum absolute atomic E-state index is 0.492. The number of carboxylic acid groups (broad SMARTS) is 4. The third-order valence-corrected chi connectivity index (χ3v) is 3.18. The summed E-state index contributed by atoms with van der Waals surface area (Å²) in [5, 5.41) is 43.8. The molecule has 0 rings (SSSR count). The number of rotatable bonds is 14. The zero-order valence-corrected chi connectivity index (χ0v) is 17.2. The van der Waals surface area contributed by atoms with Crippen LogP contribution in [-0.4, -0.2) is 56.5 Å². The van der Waals surface area contributed by atoms with Gasteiger partial charge < -0.3 is 20.4 Å². The molecule has 28 heavy (non-hydrogen) atoms. The molecule has 0 aliphatic heterocycles. The predicted octanol–water partition coefficient (Wildman–Crippen LogP) is 6.12. The quantitative estimate of drug-likeness (QED) is 0.110. The molecule has 10 nitrogen and oxygen atoms in total. The van der Waals surface area contributed by atoms with Crippen molar-refractivity contribution in [2.45, 2.75) is 90.9 Å². The fraction of sp³-hybridized carbons (Fsp3) is 0.889. The maximum absolute atomic E-state index is 8.56. The van der Waals surface area contributed by atoms with E-state index >= 15 is 0 Å². The average molecular weight is 417 g/mol. The first-order valence-corrected chi connectivity index (χ1v) is 9.66. The van der Waals surface area contributed by atoms with Crippen LogP contribution in [0.1, 0.15) is 90.9 Å². The molecule has 0 saturated heterocycles. The highest BCUT2D eigenvalue weighted by Gasteiger charge is 1.89. The van der Waals surface area contributed by atoms with Crippen molar-refractivity contribution in [2.24, 2.45) is 0 Å². The van der Waals surface area contributed by atoms with Crippen molar-refractivity contribution in [2.75, 3.05) is 13.2 Å². The van der Waals surface area contributed by atoms with Crippen LogP contribution in [-0.2, 0) is 9.78 Å². The number of carbonyl (C=O) groups is 2. The summed E-state index contributed by atoms with van der Waals surface area (Å²) in [7, 11) is 0. The average Bonchev–Trinajstić information content (AvgIpc) is 2.61. The number of hydrogen-bond donors (Lipinski definition) is 6. The molecule has 0 saturated carbocycles. The van der Waals surface area contributed by atoms with Gasteiger partial charge in [-0.3, -0.25) is 10.5 Å². The molecule has 172 valence electrons. The molecule has 0 aromatic heterocycles. The summed E-state index contributed by atoms with van der Waals surface area (Å²) in [6.45, 7) is 5.39. The molecule has 0 atom stereocenters. The van der Waals surface area contributed by atoms with Gasteiger partial charge in [-0.1, -0.05) is 78.1 Å². The monoisotopic (exact) mass is 416 g/mol. The summed E-state index contributed by atoms with van der Waals surface area (Å²) in [5.74, 6) is 0. The Kier molecular flexibility index (Phi) is 44.0.